The van der Waals surface area contributed by atoms with Crippen molar-refractivity contribution >= 4 is 0 Å². The first-order chi connectivity index (χ1) is 9.27. The highest BCUT2D eigenvalue weighted by Gasteiger charge is 2.51. The average molecular weight is 284 g/mol. The molecule has 1 heterocycles. The zero-order chi connectivity index (χ0) is 15.6. The van der Waals surface area contributed by atoms with Crippen LogP contribution in [0.1, 0.15) is 74.1 Å². The molecule has 3 unspecified atom stereocenters. The van der Waals surface area contributed by atoms with Gasteiger partial charge >= 0.3 is 0 Å². The topological polar surface area (TPSA) is 27.8 Å². The predicted octanol–water partition coefficient (Wildman–Crippen LogP) is 4.19. The van der Waals surface area contributed by atoms with E-state index in [1.807, 2.05) is 0 Å². The molecule has 1 fully saturated rings. The minimum Gasteiger partial charge on any atom is -0.351 e. The summed E-state index contributed by atoms with van der Waals surface area (Å²) < 4.78 is 5.91. The molecule has 0 aromatic carbocycles. The second-order valence-corrected chi connectivity index (χ2v) is 7.12. The predicted molar refractivity (Wildman–Crippen MR) is 86.4 cm³/mol. The number of nitrogens with one attached hydrogen (secondary N) is 1. The zero-order valence-corrected chi connectivity index (χ0v) is 14.9. The van der Waals surface area contributed by atoms with Gasteiger partial charge in [0.15, 0.2) is 0 Å². The molecule has 0 amide bonds. The molecule has 3 heteroatoms. The van der Waals surface area contributed by atoms with Crippen molar-refractivity contribution < 1.29 is 4.74 Å². The lowest BCUT2D eigenvalue weighted by Crippen LogP contribution is -2.50. The number of nitrogens with zero attached hydrogens (tertiary/aromatic N) is 1. The van der Waals surface area contributed by atoms with Gasteiger partial charge in [-0.05, 0) is 43.4 Å². The highest BCUT2D eigenvalue weighted by atomic mass is 16.6. The second-order valence-electron chi connectivity index (χ2n) is 7.12. The lowest BCUT2D eigenvalue weighted by atomic mass is 9.78. The van der Waals surface area contributed by atoms with Crippen molar-refractivity contribution in [3.8, 4) is 0 Å². The molecular weight excluding hydrogens is 248 g/mol. The molecular formula is C17H36N2O. The normalized spacial score (nSPS) is 25.1. The van der Waals surface area contributed by atoms with Crippen LogP contribution in [-0.4, -0.2) is 30.4 Å². The van der Waals surface area contributed by atoms with Crippen LogP contribution in [0.5, 0.6) is 0 Å². The van der Waals surface area contributed by atoms with Gasteiger partial charge in [-0.25, -0.2) is 10.4 Å². The summed E-state index contributed by atoms with van der Waals surface area (Å²) in [6.07, 6.45) is 5.31. The molecule has 0 aromatic heterocycles. The number of rotatable bonds is 9. The summed E-state index contributed by atoms with van der Waals surface area (Å²) in [4.78, 5) is 0. The number of hydrogen-bond acceptors (Lipinski definition) is 3. The highest BCUT2D eigenvalue weighted by Crippen LogP contribution is 2.43. The van der Waals surface area contributed by atoms with Crippen LogP contribution in [0.2, 0.25) is 0 Å². The average Bonchev–Trinajstić information content (AvgIpc) is 3.24. The maximum Gasteiger partial charge on any atom is 0.148 e. The summed E-state index contributed by atoms with van der Waals surface area (Å²) in [5.74, 6) is 0. The van der Waals surface area contributed by atoms with E-state index >= 15 is 0 Å². The Kier molecular flexibility index (Phi) is 6.06. The van der Waals surface area contributed by atoms with E-state index < -0.39 is 0 Å². The SMILES string of the molecule is CCC(C)(CC)C1OC1NN(C)C(C)C(C)(CC)CC. The summed E-state index contributed by atoms with van der Waals surface area (Å²) >= 11 is 0. The van der Waals surface area contributed by atoms with Crippen LogP contribution < -0.4 is 5.43 Å². The third-order valence-corrected chi connectivity index (χ3v) is 6.33. The number of hydrazine groups is 1. The van der Waals surface area contributed by atoms with Crippen LogP contribution in [0, 0.1) is 10.8 Å². The van der Waals surface area contributed by atoms with Crippen molar-refractivity contribution in [2.24, 2.45) is 10.8 Å². The van der Waals surface area contributed by atoms with Crippen LogP contribution in [0.4, 0.5) is 0 Å². The van der Waals surface area contributed by atoms with Crippen molar-refractivity contribution in [3.05, 3.63) is 0 Å². The van der Waals surface area contributed by atoms with Crippen molar-refractivity contribution in [1.82, 2.24) is 10.4 Å². The molecule has 0 spiro atoms. The Morgan fingerprint density at radius 3 is 1.95 bits per heavy atom. The Morgan fingerprint density at radius 1 is 1.05 bits per heavy atom. The van der Waals surface area contributed by atoms with Gasteiger partial charge in [0.2, 0.25) is 0 Å². The van der Waals surface area contributed by atoms with Gasteiger partial charge in [-0.3, -0.25) is 0 Å². The first-order valence-electron chi connectivity index (χ1n) is 8.42. The van der Waals surface area contributed by atoms with Gasteiger partial charge in [-0.15, -0.1) is 0 Å². The van der Waals surface area contributed by atoms with E-state index in [1.165, 1.54) is 25.7 Å². The van der Waals surface area contributed by atoms with Gasteiger partial charge in [0.25, 0.3) is 0 Å². The molecule has 1 aliphatic heterocycles. The minimum absolute atomic E-state index is 0.199. The van der Waals surface area contributed by atoms with Crippen LogP contribution in [0.3, 0.4) is 0 Å². The minimum atomic E-state index is 0.199. The van der Waals surface area contributed by atoms with Crippen molar-refractivity contribution in [2.75, 3.05) is 7.05 Å². The smallest absolute Gasteiger partial charge is 0.148 e. The lowest BCUT2D eigenvalue weighted by Gasteiger charge is -2.39. The monoisotopic (exact) mass is 284 g/mol. The maximum absolute atomic E-state index is 5.91. The highest BCUT2D eigenvalue weighted by molar-refractivity contribution is 4.96. The summed E-state index contributed by atoms with van der Waals surface area (Å²) in [6, 6.07) is 0.497. The van der Waals surface area contributed by atoms with Crippen LogP contribution in [-0.2, 0) is 4.74 Å². The Balaban J connectivity index is 2.55. The fourth-order valence-electron chi connectivity index (χ4n) is 3.01. The summed E-state index contributed by atoms with van der Waals surface area (Å²) in [6.45, 7) is 16.1. The van der Waals surface area contributed by atoms with Crippen molar-refractivity contribution in [3.63, 3.8) is 0 Å². The van der Waals surface area contributed by atoms with Gasteiger partial charge in [0.05, 0.1) is 0 Å². The molecule has 1 rings (SSSR count). The molecule has 1 saturated heterocycles. The van der Waals surface area contributed by atoms with Crippen LogP contribution in [0.15, 0.2) is 0 Å². The van der Waals surface area contributed by atoms with Gasteiger partial charge in [-0.2, -0.15) is 0 Å². The van der Waals surface area contributed by atoms with Gasteiger partial charge in [0.1, 0.15) is 12.3 Å². The largest absolute Gasteiger partial charge is 0.351 e. The molecule has 3 nitrogen and oxygen atoms in total. The summed E-state index contributed by atoms with van der Waals surface area (Å²) in [5.41, 5.74) is 4.22. The van der Waals surface area contributed by atoms with E-state index in [1.54, 1.807) is 0 Å². The first kappa shape index (κ1) is 17.9. The lowest BCUT2D eigenvalue weighted by molar-refractivity contribution is 0.0464. The Bertz CT molecular complexity index is 297. The van der Waals surface area contributed by atoms with E-state index in [4.69, 9.17) is 4.74 Å². The van der Waals surface area contributed by atoms with E-state index in [0.29, 0.717) is 23.0 Å². The Morgan fingerprint density at radius 2 is 1.55 bits per heavy atom. The molecule has 1 N–H and O–H groups in total. The zero-order valence-electron chi connectivity index (χ0n) is 14.9. The molecule has 3 atom stereocenters. The quantitative estimate of drug-likeness (QED) is 0.508. The molecule has 0 bridgehead atoms. The molecule has 0 aliphatic carbocycles. The van der Waals surface area contributed by atoms with Crippen LogP contribution in [0.25, 0.3) is 0 Å². The Labute approximate surface area is 126 Å². The molecule has 0 radical (unpaired) electrons. The van der Waals surface area contributed by atoms with Gasteiger partial charge < -0.3 is 4.74 Å². The standard InChI is InChI=1S/C17H36N2O/c1-9-16(6,10-2)13(5)19(8)18-15-14(20-15)17(7,11-3)12-4/h13-15,18H,9-12H2,1-8H3. The van der Waals surface area contributed by atoms with Crippen molar-refractivity contribution in [2.45, 2.75) is 92.5 Å². The molecule has 20 heavy (non-hydrogen) atoms. The molecule has 120 valence electrons. The van der Waals surface area contributed by atoms with Gasteiger partial charge in [0, 0.05) is 13.1 Å². The fourth-order valence-corrected chi connectivity index (χ4v) is 3.01. The third kappa shape index (κ3) is 3.55. The molecule has 0 saturated carbocycles. The number of hydrogen-bond donors (Lipinski definition) is 1. The number of ether oxygens (including phenoxy) is 1. The van der Waals surface area contributed by atoms with E-state index in [-0.39, 0.29) is 6.23 Å². The summed E-state index contributed by atoms with van der Waals surface area (Å²) in [7, 11) is 2.15. The second kappa shape index (κ2) is 6.76. The van der Waals surface area contributed by atoms with E-state index in [2.05, 4.69) is 65.9 Å². The van der Waals surface area contributed by atoms with E-state index in [9.17, 15) is 0 Å². The third-order valence-electron chi connectivity index (χ3n) is 6.33. The van der Waals surface area contributed by atoms with Crippen LogP contribution >= 0.6 is 0 Å². The molecule has 0 aromatic rings. The first-order valence-corrected chi connectivity index (χ1v) is 8.42. The fraction of sp³-hybridized carbons (Fsp3) is 1.00. The maximum atomic E-state index is 5.91. The Hall–Kier alpha value is -0.120. The summed E-state index contributed by atoms with van der Waals surface area (Å²) in [5, 5.41) is 2.27. The van der Waals surface area contributed by atoms with Gasteiger partial charge in [-0.1, -0.05) is 41.5 Å². The number of epoxide rings is 1. The van der Waals surface area contributed by atoms with Crippen molar-refractivity contribution in [1.29, 1.82) is 0 Å². The van der Waals surface area contributed by atoms with E-state index in [0.717, 1.165) is 0 Å². The molecule has 1 aliphatic rings.